The molecule has 0 aromatic carbocycles. The highest BCUT2D eigenvalue weighted by atomic mass is 14.8. The smallest absolute Gasteiger partial charge is 0.0794 e. The van der Waals surface area contributed by atoms with Crippen LogP contribution in [0.5, 0.6) is 0 Å². The minimum atomic E-state index is -0.265. The van der Waals surface area contributed by atoms with Gasteiger partial charge in [0.15, 0.2) is 0 Å². The molecule has 0 aliphatic rings. The van der Waals surface area contributed by atoms with Gasteiger partial charge in [-0.15, -0.1) is 0 Å². The topological polar surface area (TPSA) is 12.4 Å². The van der Waals surface area contributed by atoms with Crippen LogP contribution < -0.4 is 0 Å². The van der Waals surface area contributed by atoms with Crippen LogP contribution in [0.3, 0.4) is 0 Å². The molecule has 0 aromatic heterocycles. The maximum Gasteiger partial charge on any atom is 0.0794 e. The zero-order valence-corrected chi connectivity index (χ0v) is 10.6. The van der Waals surface area contributed by atoms with Crippen molar-refractivity contribution >= 4 is 13.6 Å². The molecule has 78 valence electrons. The molecular weight excluding hydrogens is 169 g/mol. The van der Waals surface area contributed by atoms with Gasteiger partial charge in [0, 0.05) is 5.71 Å². The number of aliphatic imine (C=N–C) groups is 1. The molecule has 0 aliphatic heterocycles. The highest BCUT2D eigenvalue weighted by molar-refractivity contribution is 6.16. The van der Waals surface area contributed by atoms with Gasteiger partial charge in [0.25, 0.3) is 0 Å². The summed E-state index contributed by atoms with van der Waals surface area (Å²) in [5, 5.41) is -0.265. The molecule has 2 heteroatoms. The average molecular weight is 191 g/mol. The molecule has 0 aromatic rings. The fourth-order valence-electron chi connectivity index (χ4n) is 1.25. The van der Waals surface area contributed by atoms with Gasteiger partial charge in [-0.05, 0) is 40.2 Å². The molecule has 0 amide bonds. The summed E-state index contributed by atoms with van der Waals surface area (Å²) >= 11 is 0. The lowest BCUT2D eigenvalue weighted by molar-refractivity contribution is 0.583. The van der Waals surface area contributed by atoms with Crippen molar-refractivity contribution in [1.29, 1.82) is 0 Å². The van der Waals surface area contributed by atoms with E-state index in [4.69, 9.17) is 7.85 Å². The molecule has 0 saturated heterocycles. The Labute approximate surface area is 90.1 Å². The molecule has 0 rings (SSSR count). The van der Waals surface area contributed by atoms with E-state index in [1.54, 1.807) is 0 Å². The van der Waals surface area contributed by atoms with Crippen molar-refractivity contribution in [2.45, 2.75) is 59.3 Å². The van der Waals surface area contributed by atoms with E-state index in [1.165, 1.54) is 0 Å². The van der Waals surface area contributed by atoms with Gasteiger partial charge in [-0.3, -0.25) is 4.99 Å². The summed E-state index contributed by atoms with van der Waals surface area (Å²) in [6.07, 6.45) is 2.05. The van der Waals surface area contributed by atoms with Crippen LogP contribution in [0, 0.1) is 0 Å². The quantitative estimate of drug-likeness (QED) is 0.467. The van der Waals surface area contributed by atoms with E-state index in [-0.39, 0.29) is 10.9 Å². The highest BCUT2D eigenvalue weighted by Gasteiger charge is 2.10. The van der Waals surface area contributed by atoms with Crippen LogP contribution in [0.1, 0.15) is 48.5 Å². The van der Waals surface area contributed by atoms with Crippen LogP contribution in [-0.4, -0.2) is 19.1 Å². The lowest BCUT2D eigenvalue weighted by Gasteiger charge is -2.18. The summed E-state index contributed by atoms with van der Waals surface area (Å²) in [7, 11) is 5.91. The summed E-state index contributed by atoms with van der Waals surface area (Å²) in [5.74, 6) is 0. The molecule has 0 atom stereocenters. The van der Waals surface area contributed by atoms with Crippen molar-refractivity contribution in [3.05, 3.63) is 11.6 Å². The van der Waals surface area contributed by atoms with E-state index in [0.717, 1.165) is 11.3 Å². The van der Waals surface area contributed by atoms with Crippen molar-refractivity contribution < 1.29 is 0 Å². The van der Waals surface area contributed by atoms with Gasteiger partial charge < -0.3 is 0 Å². The van der Waals surface area contributed by atoms with Crippen LogP contribution in [0.4, 0.5) is 0 Å². The fourth-order valence-corrected chi connectivity index (χ4v) is 1.25. The fraction of sp³-hybridized carbons (Fsp3) is 0.750. The predicted molar refractivity (Wildman–Crippen MR) is 66.4 cm³/mol. The standard InChI is InChI=1S/C12H22BN/c1-9(8-12(6,7)13)10(2)14-11(3,4)5/h8H,1-7H3/b9-8-,14-10?. The second kappa shape index (κ2) is 4.33. The Balaban J connectivity index is 4.81. The molecule has 0 bridgehead atoms. The Hall–Kier alpha value is -0.525. The monoisotopic (exact) mass is 191 g/mol. The molecule has 0 heterocycles. The number of hydrogen-bond donors (Lipinski definition) is 0. The Morgan fingerprint density at radius 3 is 1.79 bits per heavy atom. The molecule has 0 spiro atoms. The third-order valence-corrected chi connectivity index (χ3v) is 1.66. The van der Waals surface area contributed by atoms with E-state index in [9.17, 15) is 0 Å². The van der Waals surface area contributed by atoms with Gasteiger partial charge >= 0.3 is 0 Å². The van der Waals surface area contributed by atoms with Crippen LogP contribution in [0.15, 0.2) is 16.6 Å². The molecule has 2 radical (unpaired) electrons. The first-order valence-electron chi connectivity index (χ1n) is 5.06. The third kappa shape index (κ3) is 6.93. The Bertz CT molecular complexity index is 220. The van der Waals surface area contributed by atoms with Gasteiger partial charge in [0.1, 0.15) is 0 Å². The summed E-state index contributed by atoms with van der Waals surface area (Å²) in [5.41, 5.74) is 2.21. The highest BCUT2D eigenvalue weighted by Crippen LogP contribution is 2.23. The maximum absolute atomic E-state index is 5.91. The third-order valence-electron chi connectivity index (χ3n) is 1.66. The second-order valence-corrected chi connectivity index (χ2v) is 5.52. The van der Waals surface area contributed by atoms with E-state index in [1.807, 2.05) is 20.8 Å². The Kier molecular flexibility index (Phi) is 4.17. The van der Waals surface area contributed by atoms with Gasteiger partial charge in [-0.25, -0.2) is 0 Å². The van der Waals surface area contributed by atoms with Crippen molar-refractivity contribution in [2.24, 2.45) is 4.99 Å². The van der Waals surface area contributed by atoms with Gasteiger partial charge in [0.05, 0.1) is 13.4 Å². The van der Waals surface area contributed by atoms with Crippen molar-refractivity contribution in [3.8, 4) is 0 Å². The Morgan fingerprint density at radius 2 is 1.50 bits per heavy atom. The molecule has 0 aliphatic carbocycles. The van der Waals surface area contributed by atoms with E-state index < -0.39 is 0 Å². The second-order valence-electron chi connectivity index (χ2n) is 5.52. The van der Waals surface area contributed by atoms with Gasteiger partial charge in [0.2, 0.25) is 0 Å². The summed E-state index contributed by atoms with van der Waals surface area (Å²) < 4.78 is 0. The molecule has 14 heavy (non-hydrogen) atoms. The average Bonchev–Trinajstić information content (AvgIpc) is 1.78. The number of allylic oxidation sites excluding steroid dienone is 2. The zero-order valence-electron chi connectivity index (χ0n) is 10.6. The summed E-state index contributed by atoms with van der Waals surface area (Å²) in [4.78, 5) is 4.59. The number of rotatable bonds is 2. The van der Waals surface area contributed by atoms with Crippen LogP contribution in [-0.2, 0) is 0 Å². The number of nitrogens with zero attached hydrogens (tertiary/aromatic N) is 1. The lowest BCUT2D eigenvalue weighted by atomic mass is 9.71. The Morgan fingerprint density at radius 1 is 1.07 bits per heavy atom. The van der Waals surface area contributed by atoms with Crippen molar-refractivity contribution in [1.82, 2.24) is 0 Å². The largest absolute Gasteiger partial charge is 0.284 e. The van der Waals surface area contributed by atoms with E-state index in [2.05, 4.69) is 38.8 Å². The predicted octanol–water partition coefficient (Wildman–Crippen LogP) is 3.56. The SMILES string of the molecule is [B]C(C)(C)/C=C(/C)C(C)=NC(C)(C)C. The summed E-state index contributed by atoms with van der Waals surface area (Å²) in [6.45, 7) is 14.3. The first-order valence-corrected chi connectivity index (χ1v) is 5.06. The van der Waals surface area contributed by atoms with Crippen LogP contribution in [0.2, 0.25) is 5.31 Å². The molecule has 1 nitrogen and oxygen atoms in total. The molecule has 0 unspecified atom stereocenters. The van der Waals surface area contributed by atoms with Crippen molar-refractivity contribution in [3.63, 3.8) is 0 Å². The normalized spacial score (nSPS) is 15.9. The molecule has 0 N–H and O–H groups in total. The minimum Gasteiger partial charge on any atom is -0.284 e. The van der Waals surface area contributed by atoms with Crippen LogP contribution >= 0.6 is 0 Å². The molecular formula is C12H22BN. The first kappa shape index (κ1) is 13.5. The van der Waals surface area contributed by atoms with Crippen molar-refractivity contribution in [2.75, 3.05) is 0 Å². The summed E-state index contributed by atoms with van der Waals surface area (Å²) in [6, 6.07) is 0. The van der Waals surface area contributed by atoms with Gasteiger partial charge in [-0.1, -0.05) is 25.2 Å². The van der Waals surface area contributed by atoms with Gasteiger partial charge in [-0.2, -0.15) is 0 Å². The van der Waals surface area contributed by atoms with E-state index >= 15 is 0 Å². The molecule has 0 fully saturated rings. The van der Waals surface area contributed by atoms with E-state index in [0.29, 0.717) is 0 Å². The molecule has 0 saturated carbocycles. The lowest BCUT2D eigenvalue weighted by Crippen LogP contribution is -2.13. The maximum atomic E-state index is 5.91. The number of hydrogen-bond acceptors (Lipinski definition) is 1. The first-order chi connectivity index (χ1) is 6.01. The minimum absolute atomic E-state index is 0.0159. The van der Waals surface area contributed by atoms with Crippen LogP contribution in [0.25, 0.3) is 0 Å². The zero-order chi connectivity index (χ0) is 11.6.